The van der Waals surface area contributed by atoms with Crippen molar-refractivity contribution < 1.29 is 9.53 Å². The summed E-state index contributed by atoms with van der Waals surface area (Å²) < 4.78 is 7.02. The number of aromatic nitrogens is 5. The zero-order valence-electron chi connectivity index (χ0n) is 14.7. The molecule has 134 valence electrons. The number of benzene rings is 1. The molecule has 0 unspecified atom stereocenters. The zero-order chi connectivity index (χ0) is 18.8. The van der Waals surface area contributed by atoms with Gasteiger partial charge in [-0.3, -0.25) is 9.48 Å². The lowest BCUT2D eigenvalue weighted by molar-refractivity contribution is -0.105. The van der Waals surface area contributed by atoms with Crippen LogP contribution in [0.1, 0.15) is 0 Å². The number of rotatable bonds is 5. The Hall–Kier alpha value is -3.81. The Morgan fingerprint density at radius 1 is 1.15 bits per heavy atom. The van der Waals surface area contributed by atoms with Gasteiger partial charge in [-0.1, -0.05) is 30.3 Å². The van der Waals surface area contributed by atoms with E-state index < -0.39 is 0 Å². The number of anilines is 1. The van der Waals surface area contributed by atoms with Crippen LogP contribution in [0.4, 0.5) is 5.82 Å². The fourth-order valence-corrected chi connectivity index (χ4v) is 2.95. The second-order valence-corrected chi connectivity index (χ2v) is 5.82. The zero-order valence-corrected chi connectivity index (χ0v) is 14.7. The lowest BCUT2D eigenvalue weighted by Gasteiger charge is -2.10. The highest BCUT2D eigenvalue weighted by molar-refractivity contribution is 5.95. The van der Waals surface area contributed by atoms with Crippen LogP contribution >= 0.6 is 0 Å². The molecule has 4 rings (SSSR count). The highest BCUT2D eigenvalue weighted by Gasteiger charge is 2.18. The van der Waals surface area contributed by atoms with Gasteiger partial charge in [0.1, 0.15) is 23.2 Å². The van der Waals surface area contributed by atoms with Gasteiger partial charge < -0.3 is 10.1 Å². The number of fused-ring (bicyclic) bond motifs is 1. The summed E-state index contributed by atoms with van der Waals surface area (Å²) in [6.45, 7) is 0. The first-order valence-corrected chi connectivity index (χ1v) is 8.20. The molecule has 0 saturated heterocycles. The van der Waals surface area contributed by atoms with Crippen molar-refractivity contribution in [2.75, 3.05) is 12.4 Å². The van der Waals surface area contributed by atoms with Crippen LogP contribution < -0.4 is 10.1 Å². The summed E-state index contributed by atoms with van der Waals surface area (Å²) in [5.41, 5.74) is 4.37. The Morgan fingerprint density at radius 2 is 1.96 bits per heavy atom. The molecule has 0 saturated carbocycles. The number of hydrogen-bond donors (Lipinski definition) is 1. The summed E-state index contributed by atoms with van der Waals surface area (Å²) in [4.78, 5) is 24.2. The van der Waals surface area contributed by atoms with E-state index in [9.17, 15) is 4.79 Å². The summed E-state index contributed by atoms with van der Waals surface area (Å²) in [6, 6.07) is 11.6. The number of amides is 1. The highest BCUT2D eigenvalue weighted by atomic mass is 16.5. The summed E-state index contributed by atoms with van der Waals surface area (Å²) in [7, 11) is 3.37. The van der Waals surface area contributed by atoms with Gasteiger partial charge in [-0.15, -0.1) is 0 Å². The van der Waals surface area contributed by atoms with E-state index in [4.69, 9.17) is 4.74 Å². The predicted molar refractivity (Wildman–Crippen MR) is 101 cm³/mol. The van der Waals surface area contributed by atoms with Gasteiger partial charge in [0, 0.05) is 30.4 Å². The van der Waals surface area contributed by atoms with Gasteiger partial charge in [0.15, 0.2) is 11.6 Å². The van der Waals surface area contributed by atoms with E-state index in [1.807, 2.05) is 43.6 Å². The summed E-state index contributed by atoms with van der Waals surface area (Å²) in [5.74, 6) is 0.731. The summed E-state index contributed by atoms with van der Waals surface area (Å²) in [5, 5.41) is 7.14. The number of hydrogen-bond acceptors (Lipinski definition) is 6. The Morgan fingerprint density at radius 3 is 2.70 bits per heavy atom. The lowest BCUT2D eigenvalue weighted by Crippen LogP contribution is -2.02. The second kappa shape index (κ2) is 6.83. The van der Waals surface area contributed by atoms with E-state index in [1.165, 1.54) is 13.4 Å². The van der Waals surface area contributed by atoms with Gasteiger partial charge in [-0.2, -0.15) is 5.10 Å². The normalized spacial score (nSPS) is 10.7. The standard InChI is InChI=1S/C19H16N6O2/c1-25-9-13(16(24-25)12-6-4-3-5-7-12)17-18-14(20-10-21-17)8-15(27-2)19(23-18)22-11-26/h3-11H,1-2H3,(H,22,23,26). The third kappa shape index (κ3) is 2.97. The van der Waals surface area contributed by atoms with Crippen molar-refractivity contribution in [3.05, 3.63) is 48.9 Å². The topological polar surface area (TPSA) is 94.8 Å². The van der Waals surface area contributed by atoms with Gasteiger partial charge in [0.25, 0.3) is 0 Å². The Balaban J connectivity index is 1.98. The van der Waals surface area contributed by atoms with E-state index >= 15 is 0 Å². The maximum atomic E-state index is 10.9. The molecule has 0 bridgehead atoms. The maximum absolute atomic E-state index is 10.9. The first-order valence-electron chi connectivity index (χ1n) is 8.20. The van der Waals surface area contributed by atoms with Crippen LogP contribution in [0.3, 0.4) is 0 Å². The van der Waals surface area contributed by atoms with Crippen molar-refractivity contribution >= 4 is 23.3 Å². The average Bonchev–Trinajstić information content (AvgIpc) is 3.09. The number of methoxy groups -OCH3 is 1. The van der Waals surface area contributed by atoms with Crippen LogP contribution in [-0.4, -0.2) is 38.3 Å². The number of nitrogens with zero attached hydrogens (tertiary/aromatic N) is 5. The Kier molecular flexibility index (Phi) is 4.21. The molecule has 0 aliphatic heterocycles. The van der Waals surface area contributed by atoms with Crippen molar-refractivity contribution in [2.45, 2.75) is 0 Å². The molecule has 0 aliphatic rings. The van der Waals surface area contributed by atoms with Crippen LogP contribution in [-0.2, 0) is 11.8 Å². The molecule has 4 aromatic rings. The van der Waals surface area contributed by atoms with Crippen molar-refractivity contribution in [3.63, 3.8) is 0 Å². The van der Waals surface area contributed by atoms with Gasteiger partial charge in [0.2, 0.25) is 6.41 Å². The average molecular weight is 360 g/mol. The quantitative estimate of drug-likeness (QED) is 0.550. The minimum Gasteiger partial charge on any atom is -0.493 e. The van der Waals surface area contributed by atoms with E-state index in [1.54, 1.807) is 10.7 Å². The molecule has 1 N–H and O–H groups in total. The van der Waals surface area contributed by atoms with Crippen LogP contribution in [0.2, 0.25) is 0 Å². The molecule has 0 aliphatic carbocycles. The van der Waals surface area contributed by atoms with E-state index in [0.29, 0.717) is 34.7 Å². The predicted octanol–water partition coefficient (Wildman–Crippen LogP) is 2.67. The Labute approximate surface area is 154 Å². The van der Waals surface area contributed by atoms with Crippen LogP contribution in [0, 0.1) is 0 Å². The fraction of sp³-hybridized carbons (Fsp3) is 0.105. The smallest absolute Gasteiger partial charge is 0.212 e. The first-order chi connectivity index (χ1) is 13.2. The monoisotopic (exact) mass is 360 g/mol. The van der Waals surface area contributed by atoms with Crippen LogP contribution in [0.15, 0.2) is 48.9 Å². The summed E-state index contributed by atoms with van der Waals surface area (Å²) >= 11 is 0. The molecule has 1 amide bonds. The van der Waals surface area contributed by atoms with Crippen molar-refractivity contribution in [1.82, 2.24) is 24.7 Å². The fourth-order valence-electron chi connectivity index (χ4n) is 2.95. The lowest BCUT2D eigenvalue weighted by atomic mass is 10.0. The van der Waals surface area contributed by atoms with Crippen molar-refractivity contribution in [3.8, 4) is 28.3 Å². The number of ether oxygens (including phenoxy) is 1. The minimum atomic E-state index is 0.307. The number of pyridine rings is 1. The minimum absolute atomic E-state index is 0.307. The van der Waals surface area contributed by atoms with Gasteiger partial charge in [-0.05, 0) is 0 Å². The van der Waals surface area contributed by atoms with Gasteiger partial charge >= 0.3 is 0 Å². The van der Waals surface area contributed by atoms with Crippen LogP contribution in [0.5, 0.6) is 5.75 Å². The molecule has 3 aromatic heterocycles. The SMILES string of the molecule is COc1cc2ncnc(-c3cn(C)nc3-c3ccccc3)c2nc1NC=O. The molecule has 0 radical (unpaired) electrons. The molecular weight excluding hydrogens is 344 g/mol. The largest absolute Gasteiger partial charge is 0.493 e. The third-order valence-electron chi connectivity index (χ3n) is 4.12. The van der Waals surface area contributed by atoms with Crippen molar-refractivity contribution in [1.29, 1.82) is 0 Å². The second-order valence-electron chi connectivity index (χ2n) is 5.82. The van der Waals surface area contributed by atoms with E-state index in [0.717, 1.165) is 16.8 Å². The van der Waals surface area contributed by atoms with Gasteiger partial charge in [-0.25, -0.2) is 15.0 Å². The molecule has 3 heterocycles. The molecular formula is C19H16N6O2. The number of carbonyl (C=O) groups is 1. The first kappa shape index (κ1) is 16.6. The third-order valence-corrected chi connectivity index (χ3v) is 4.12. The molecule has 0 atom stereocenters. The number of aryl methyl sites for hydroxylation is 1. The molecule has 0 fully saturated rings. The molecule has 8 heteroatoms. The maximum Gasteiger partial charge on any atom is 0.212 e. The molecule has 1 aromatic carbocycles. The Bertz CT molecular complexity index is 1120. The van der Waals surface area contributed by atoms with Crippen molar-refractivity contribution in [2.24, 2.45) is 7.05 Å². The molecule has 27 heavy (non-hydrogen) atoms. The van der Waals surface area contributed by atoms with E-state index in [2.05, 4.69) is 25.4 Å². The van der Waals surface area contributed by atoms with Gasteiger partial charge in [0.05, 0.1) is 12.6 Å². The molecule has 0 spiro atoms. The highest BCUT2D eigenvalue weighted by Crippen LogP contribution is 2.35. The number of carbonyl (C=O) groups excluding carboxylic acids is 1. The van der Waals surface area contributed by atoms with Crippen LogP contribution in [0.25, 0.3) is 33.5 Å². The molecule has 8 nitrogen and oxygen atoms in total. The summed E-state index contributed by atoms with van der Waals surface area (Å²) in [6.07, 6.45) is 3.93. The number of nitrogens with one attached hydrogen (secondary N) is 1. The van der Waals surface area contributed by atoms with E-state index in [-0.39, 0.29) is 0 Å².